The van der Waals surface area contributed by atoms with E-state index in [4.69, 9.17) is 0 Å². The van der Waals surface area contributed by atoms with Crippen molar-refractivity contribution in [3.63, 3.8) is 0 Å². The number of amides is 1. The molecule has 0 unspecified atom stereocenters. The number of halogens is 1. The highest BCUT2D eigenvalue weighted by atomic mass is 35.5. The summed E-state index contributed by atoms with van der Waals surface area (Å²) >= 11 is 0. The second kappa shape index (κ2) is 9.17. The third-order valence-corrected chi connectivity index (χ3v) is 4.12. The molecule has 3 rings (SSSR count). The lowest BCUT2D eigenvalue weighted by Gasteiger charge is -2.20. The summed E-state index contributed by atoms with van der Waals surface area (Å²) < 4.78 is 0. The highest BCUT2D eigenvalue weighted by molar-refractivity contribution is 5.96. The number of nitro groups is 1. The minimum absolute atomic E-state index is 0. The van der Waals surface area contributed by atoms with Crippen LogP contribution < -0.4 is 10.6 Å². The quantitative estimate of drug-likeness (QED) is 0.632. The van der Waals surface area contributed by atoms with Crippen molar-refractivity contribution in [2.24, 2.45) is 0 Å². The standard InChI is InChI=1S/C18H20N4O3.ClH/c23-18(21-11-4-9-19-10-12-21)14-7-8-16(17(13-14)22(24)25)20-15-5-2-1-3-6-15;/h1-3,5-8,13,19-20H,4,9-12H2;1H. The minimum Gasteiger partial charge on any atom is -0.350 e. The number of anilines is 2. The predicted octanol–water partition coefficient (Wildman–Crippen LogP) is 3.20. The van der Waals surface area contributed by atoms with Crippen molar-refractivity contribution < 1.29 is 9.72 Å². The fourth-order valence-corrected chi connectivity index (χ4v) is 2.83. The van der Waals surface area contributed by atoms with E-state index in [0.717, 1.165) is 25.2 Å². The molecule has 0 saturated carbocycles. The van der Waals surface area contributed by atoms with Gasteiger partial charge in [0.2, 0.25) is 0 Å². The van der Waals surface area contributed by atoms with Gasteiger partial charge in [-0.3, -0.25) is 14.9 Å². The van der Waals surface area contributed by atoms with E-state index >= 15 is 0 Å². The summed E-state index contributed by atoms with van der Waals surface area (Å²) in [6.45, 7) is 2.88. The van der Waals surface area contributed by atoms with Gasteiger partial charge in [0.25, 0.3) is 11.6 Å². The Morgan fingerprint density at radius 3 is 2.62 bits per heavy atom. The molecule has 1 amide bonds. The van der Waals surface area contributed by atoms with Crippen molar-refractivity contribution in [3.8, 4) is 0 Å². The maximum Gasteiger partial charge on any atom is 0.293 e. The van der Waals surface area contributed by atoms with Crippen LogP contribution in [-0.4, -0.2) is 41.9 Å². The smallest absolute Gasteiger partial charge is 0.293 e. The number of benzene rings is 2. The Balaban J connectivity index is 0.00000243. The molecule has 1 fully saturated rings. The molecule has 0 spiro atoms. The number of nitro benzene ring substituents is 1. The molecule has 1 heterocycles. The molecule has 8 heteroatoms. The number of nitrogens with one attached hydrogen (secondary N) is 2. The molecule has 0 aliphatic carbocycles. The van der Waals surface area contributed by atoms with Crippen LogP contribution >= 0.6 is 12.4 Å². The van der Waals surface area contributed by atoms with E-state index in [-0.39, 0.29) is 24.0 Å². The first-order chi connectivity index (χ1) is 12.1. The Morgan fingerprint density at radius 2 is 1.88 bits per heavy atom. The number of hydrogen-bond donors (Lipinski definition) is 2. The first-order valence-corrected chi connectivity index (χ1v) is 8.25. The third kappa shape index (κ3) is 4.71. The highest BCUT2D eigenvalue weighted by Gasteiger charge is 2.22. The summed E-state index contributed by atoms with van der Waals surface area (Å²) in [6, 6.07) is 13.8. The summed E-state index contributed by atoms with van der Waals surface area (Å²) in [5, 5.41) is 17.7. The van der Waals surface area contributed by atoms with Crippen LogP contribution in [0.15, 0.2) is 48.5 Å². The zero-order valence-electron chi connectivity index (χ0n) is 14.2. The van der Waals surface area contributed by atoms with Crippen LogP contribution in [0.5, 0.6) is 0 Å². The lowest BCUT2D eigenvalue weighted by Crippen LogP contribution is -2.34. The molecule has 2 aromatic carbocycles. The molecule has 2 aromatic rings. The largest absolute Gasteiger partial charge is 0.350 e. The molecule has 26 heavy (non-hydrogen) atoms. The average molecular weight is 377 g/mol. The van der Waals surface area contributed by atoms with Gasteiger partial charge in [0.1, 0.15) is 5.69 Å². The average Bonchev–Trinajstić information content (AvgIpc) is 2.91. The van der Waals surface area contributed by atoms with Crippen LogP contribution in [0.1, 0.15) is 16.8 Å². The molecule has 0 radical (unpaired) electrons. The number of para-hydroxylation sites is 1. The van der Waals surface area contributed by atoms with Crippen LogP contribution in [0.3, 0.4) is 0 Å². The van der Waals surface area contributed by atoms with Crippen LogP contribution in [0.2, 0.25) is 0 Å². The highest BCUT2D eigenvalue weighted by Crippen LogP contribution is 2.29. The van der Waals surface area contributed by atoms with Crippen LogP contribution in [0, 0.1) is 10.1 Å². The van der Waals surface area contributed by atoms with E-state index in [1.54, 1.807) is 17.0 Å². The van der Waals surface area contributed by atoms with Crippen LogP contribution in [0.25, 0.3) is 0 Å². The molecular weight excluding hydrogens is 356 g/mol. The van der Waals surface area contributed by atoms with Gasteiger partial charge in [-0.1, -0.05) is 18.2 Å². The third-order valence-electron chi connectivity index (χ3n) is 4.12. The second-order valence-corrected chi connectivity index (χ2v) is 5.88. The van der Waals surface area contributed by atoms with Gasteiger partial charge >= 0.3 is 0 Å². The summed E-state index contributed by atoms with van der Waals surface area (Å²) in [5.41, 5.74) is 1.35. The van der Waals surface area contributed by atoms with Gasteiger partial charge < -0.3 is 15.5 Å². The summed E-state index contributed by atoms with van der Waals surface area (Å²) in [7, 11) is 0. The monoisotopic (exact) mass is 376 g/mol. The first kappa shape index (κ1) is 19.7. The van der Waals surface area contributed by atoms with Crippen molar-refractivity contribution in [3.05, 3.63) is 64.2 Å². The zero-order chi connectivity index (χ0) is 17.6. The van der Waals surface area contributed by atoms with E-state index in [1.807, 2.05) is 30.3 Å². The maximum atomic E-state index is 12.7. The lowest BCUT2D eigenvalue weighted by molar-refractivity contribution is -0.383. The lowest BCUT2D eigenvalue weighted by atomic mass is 10.1. The van der Waals surface area contributed by atoms with Gasteiger partial charge in [-0.05, 0) is 37.2 Å². The SMILES string of the molecule is Cl.O=C(c1ccc(Nc2ccccc2)c([N+](=O)[O-])c1)N1CCCNCC1. The molecule has 2 N–H and O–H groups in total. The van der Waals surface area contributed by atoms with Gasteiger partial charge in [-0.15, -0.1) is 12.4 Å². The molecule has 0 aromatic heterocycles. The Morgan fingerprint density at radius 1 is 1.12 bits per heavy atom. The first-order valence-electron chi connectivity index (χ1n) is 8.25. The molecule has 138 valence electrons. The molecular formula is C18H21ClN4O3. The minimum atomic E-state index is -0.466. The Kier molecular flexibility index (Phi) is 6.94. The number of nitrogens with zero attached hydrogens (tertiary/aromatic N) is 2. The van der Waals surface area contributed by atoms with Crippen LogP contribution in [0.4, 0.5) is 17.1 Å². The van der Waals surface area contributed by atoms with Gasteiger partial charge in [-0.2, -0.15) is 0 Å². The Bertz CT molecular complexity index is 762. The molecule has 0 bridgehead atoms. The predicted molar refractivity (Wildman–Crippen MR) is 103 cm³/mol. The molecule has 0 atom stereocenters. The fraction of sp³-hybridized carbons (Fsp3) is 0.278. The van der Waals surface area contributed by atoms with E-state index in [0.29, 0.717) is 24.3 Å². The second-order valence-electron chi connectivity index (χ2n) is 5.88. The van der Waals surface area contributed by atoms with Crippen molar-refractivity contribution in [1.29, 1.82) is 0 Å². The van der Waals surface area contributed by atoms with Crippen molar-refractivity contribution in [1.82, 2.24) is 10.2 Å². The van der Waals surface area contributed by atoms with Gasteiger partial charge in [0.05, 0.1) is 4.92 Å². The number of carbonyl (C=O) groups is 1. The maximum absolute atomic E-state index is 12.7. The van der Waals surface area contributed by atoms with E-state index in [1.165, 1.54) is 6.07 Å². The molecule has 1 aliphatic rings. The van der Waals surface area contributed by atoms with Crippen LogP contribution in [-0.2, 0) is 0 Å². The number of hydrogen-bond acceptors (Lipinski definition) is 5. The topological polar surface area (TPSA) is 87.5 Å². The number of carbonyl (C=O) groups excluding carboxylic acids is 1. The summed E-state index contributed by atoms with van der Waals surface area (Å²) in [5.74, 6) is -0.168. The Hall–Kier alpha value is -2.64. The van der Waals surface area contributed by atoms with E-state index in [2.05, 4.69) is 10.6 Å². The van der Waals surface area contributed by atoms with Crippen molar-refractivity contribution in [2.45, 2.75) is 6.42 Å². The fourth-order valence-electron chi connectivity index (χ4n) is 2.83. The molecule has 1 aliphatic heterocycles. The normalized spacial score (nSPS) is 14.1. The molecule has 7 nitrogen and oxygen atoms in total. The summed E-state index contributed by atoms with van der Waals surface area (Å²) in [6.07, 6.45) is 0.876. The zero-order valence-corrected chi connectivity index (χ0v) is 15.0. The summed E-state index contributed by atoms with van der Waals surface area (Å²) in [4.78, 5) is 25.4. The Labute approximate surface area is 157 Å². The van der Waals surface area contributed by atoms with Crippen molar-refractivity contribution in [2.75, 3.05) is 31.5 Å². The number of rotatable bonds is 4. The van der Waals surface area contributed by atoms with E-state index in [9.17, 15) is 14.9 Å². The van der Waals surface area contributed by atoms with Gasteiger partial charge in [0, 0.05) is 37.0 Å². The molecule has 1 saturated heterocycles. The van der Waals surface area contributed by atoms with Gasteiger partial charge in [-0.25, -0.2) is 0 Å². The van der Waals surface area contributed by atoms with E-state index < -0.39 is 4.92 Å². The van der Waals surface area contributed by atoms with Crippen molar-refractivity contribution >= 4 is 35.4 Å². The van der Waals surface area contributed by atoms with Gasteiger partial charge in [0.15, 0.2) is 0 Å².